The van der Waals surface area contributed by atoms with Crippen LogP contribution < -0.4 is 19.9 Å². The third kappa shape index (κ3) is 4.89. The van der Waals surface area contributed by atoms with Gasteiger partial charge in [0, 0.05) is 67.4 Å². The van der Waals surface area contributed by atoms with E-state index in [-0.39, 0.29) is 0 Å². The van der Waals surface area contributed by atoms with Gasteiger partial charge in [-0.3, -0.25) is 0 Å². The Labute approximate surface area is 241 Å². The Bertz CT molecular complexity index is 1380. The molecule has 5 heterocycles. The van der Waals surface area contributed by atoms with Crippen molar-refractivity contribution in [2.45, 2.75) is 50.4 Å². The summed E-state index contributed by atoms with van der Waals surface area (Å²) >= 11 is 6.72. The average Bonchev–Trinajstić information content (AvgIpc) is 3.51. The van der Waals surface area contributed by atoms with Crippen molar-refractivity contribution in [3.05, 3.63) is 52.7 Å². The van der Waals surface area contributed by atoms with Gasteiger partial charge in [0.15, 0.2) is 0 Å². The Hall–Kier alpha value is -2.65. The SMILES string of the molecule is COC[C@H]1C[C@@H]2CN(c3nc(OCC4CCCN4C)nc4c3CCN(c3cccc5cccc(Cl)c35)C4)C[C@H]1N2. The van der Waals surface area contributed by atoms with Gasteiger partial charge in [0.1, 0.15) is 12.4 Å². The van der Waals surface area contributed by atoms with E-state index in [2.05, 4.69) is 51.3 Å². The number of likely N-dealkylation sites (tertiary alicyclic amines) is 1. The number of piperazine rings is 1. The maximum atomic E-state index is 6.72. The molecule has 0 radical (unpaired) electrons. The third-order valence-corrected chi connectivity index (χ3v) is 9.73. The molecule has 3 saturated heterocycles. The van der Waals surface area contributed by atoms with Crippen molar-refractivity contribution in [1.82, 2.24) is 20.2 Å². The molecular weight excluding hydrogens is 524 g/mol. The summed E-state index contributed by atoms with van der Waals surface area (Å²) in [7, 11) is 3.99. The molecule has 9 heteroatoms. The van der Waals surface area contributed by atoms with E-state index in [1.807, 2.05) is 12.1 Å². The number of nitrogens with zero attached hydrogens (tertiary/aromatic N) is 5. The van der Waals surface area contributed by atoms with Crippen molar-refractivity contribution in [2.75, 3.05) is 63.4 Å². The molecule has 8 nitrogen and oxygen atoms in total. The van der Waals surface area contributed by atoms with Gasteiger partial charge in [0.2, 0.25) is 0 Å². The summed E-state index contributed by atoms with van der Waals surface area (Å²) in [6.07, 6.45) is 4.41. The van der Waals surface area contributed by atoms with Gasteiger partial charge in [0.05, 0.1) is 23.9 Å². The lowest BCUT2D eigenvalue weighted by molar-refractivity contribution is 0.147. The lowest BCUT2D eigenvalue weighted by atomic mass is 10.0. The smallest absolute Gasteiger partial charge is 0.318 e. The lowest BCUT2D eigenvalue weighted by Crippen LogP contribution is -2.53. The van der Waals surface area contributed by atoms with E-state index in [4.69, 9.17) is 31.0 Å². The van der Waals surface area contributed by atoms with Crippen LogP contribution in [0.5, 0.6) is 6.01 Å². The Morgan fingerprint density at radius 2 is 1.93 bits per heavy atom. The fraction of sp³-hybridized carbons (Fsp3) is 0.548. The van der Waals surface area contributed by atoms with Crippen molar-refractivity contribution >= 4 is 33.9 Å². The number of likely N-dealkylation sites (N-methyl/N-ethyl adjacent to an activating group) is 1. The molecular formula is C31H39ClN6O2. The monoisotopic (exact) mass is 562 g/mol. The van der Waals surface area contributed by atoms with Crippen LogP contribution in [0.3, 0.4) is 0 Å². The second-order valence-corrected chi connectivity index (χ2v) is 12.4. The first-order valence-electron chi connectivity index (χ1n) is 14.7. The van der Waals surface area contributed by atoms with Gasteiger partial charge in [0.25, 0.3) is 0 Å². The van der Waals surface area contributed by atoms with Crippen LogP contribution in [0.4, 0.5) is 11.5 Å². The highest BCUT2D eigenvalue weighted by Gasteiger charge is 2.41. The highest BCUT2D eigenvalue weighted by atomic mass is 35.5. The van der Waals surface area contributed by atoms with E-state index in [0.29, 0.717) is 43.2 Å². The zero-order valence-corrected chi connectivity index (χ0v) is 24.2. The maximum Gasteiger partial charge on any atom is 0.318 e. The van der Waals surface area contributed by atoms with Crippen molar-refractivity contribution in [1.29, 1.82) is 0 Å². The minimum Gasteiger partial charge on any atom is -0.462 e. The molecule has 0 saturated carbocycles. The van der Waals surface area contributed by atoms with Crippen molar-refractivity contribution in [3.63, 3.8) is 0 Å². The molecule has 4 atom stereocenters. The Kier molecular flexibility index (Phi) is 7.20. The highest BCUT2D eigenvalue weighted by Crippen LogP contribution is 2.38. The van der Waals surface area contributed by atoms with Gasteiger partial charge in [-0.25, -0.2) is 0 Å². The number of ether oxygens (including phenoxy) is 2. The summed E-state index contributed by atoms with van der Waals surface area (Å²) in [4.78, 5) is 17.4. The van der Waals surface area contributed by atoms with Crippen LogP contribution in [0.15, 0.2) is 36.4 Å². The molecule has 0 amide bonds. The Balaban J connectivity index is 1.22. The molecule has 40 heavy (non-hydrogen) atoms. The van der Waals surface area contributed by atoms with Gasteiger partial charge in [-0.2, -0.15) is 9.97 Å². The zero-order chi connectivity index (χ0) is 27.2. The van der Waals surface area contributed by atoms with Gasteiger partial charge >= 0.3 is 6.01 Å². The summed E-state index contributed by atoms with van der Waals surface area (Å²) in [6.45, 7) is 6.04. The van der Waals surface area contributed by atoms with Crippen LogP contribution in [0.25, 0.3) is 10.8 Å². The molecule has 2 bridgehead atoms. The molecule has 1 unspecified atom stereocenters. The van der Waals surface area contributed by atoms with Crippen LogP contribution in [0.1, 0.15) is 30.5 Å². The molecule has 4 aliphatic rings. The van der Waals surface area contributed by atoms with Gasteiger partial charge in [-0.1, -0.05) is 35.9 Å². The second-order valence-electron chi connectivity index (χ2n) is 12.0. The topological polar surface area (TPSA) is 66.0 Å². The van der Waals surface area contributed by atoms with Crippen LogP contribution >= 0.6 is 11.6 Å². The summed E-state index contributed by atoms with van der Waals surface area (Å²) in [6, 6.07) is 14.4. The van der Waals surface area contributed by atoms with E-state index < -0.39 is 0 Å². The zero-order valence-electron chi connectivity index (χ0n) is 23.5. The maximum absolute atomic E-state index is 6.72. The summed E-state index contributed by atoms with van der Waals surface area (Å²) in [5.74, 6) is 1.60. The number of aromatic nitrogens is 2. The number of hydrogen-bond acceptors (Lipinski definition) is 8. The van der Waals surface area contributed by atoms with Crippen molar-refractivity contribution < 1.29 is 9.47 Å². The van der Waals surface area contributed by atoms with E-state index in [1.165, 1.54) is 12.0 Å². The number of rotatable bonds is 7. The first-order valence-corrected chi connectivity index (χ1v) is 15.1. The minimum atomic E-state index is 0.415. The van der Waals surface area contributed by atoms with Crippen LogP contribution in [0.2, 0.25) is 5.02 Å². The summed E-state index contributed by atoms with van der Waals surface area (Å²) in [5, 5.41) is 6.86. The minimum absolute atomic E-state index is 0.415. The number of hydrogen-bond donors (Lipinski definition) is 1. The predicted molar refractivity (Wildman–Crippen MR) is 160 cm³/mol. The van der Waals surface area contributed by atoms with E-state index in [9.17, 15) is 0 Å². The molecule has 4 aliphatic heterocycles. The van der Waals surface area contributed by atoms with Gasteiger partial charge in [-0.05, 0) is 56.8 Å². The second kappa shape index (κ2) is 11.0. The molecule has 7 rings (SSSR count). The van der Waals surface area contributed by atoms with Gasteiger partial charge in [-0.15, -0.1) is 0 Å². The molecule has 212 valence electrons. The fourth-order valence-corrected chi connectivity index (χ4v) is 7.61. The average molecular weight is 563 g/mol. The quantitative estimate of drug-likeness (QED) is 0.461. The molecule has 1 aromatic heterocycles. The fourth-order valence-electron chi connectivity index (χ4n) is 7.34. The standard InChI is InChI=1S/C31H39ClN6O2/c1-36-12-5-8-23(36)19-40-31-34-27-17-37(28-10-4-7-20-6-3-9-25(32)29(20)28)13-11-24(27)30(35-31)38-15-22-14-21(18-39-2)26(16-38)33-22/h3-4,6-7,9-10,21-23,26,33H,5,8,11-19H2,1-2H3/t21-,22-,23?,26-/m1/s1. The predicted octanol–water partition coefficient (Wildman–Crippen LogP) is 4.13. The number of halogens is 1. The number of benzene rings is 2. The number of anilines is 2. The number of fused-ring (bicyclic) bond motifs is 4. The molecule has 0 aliphatic carbocycles. The van der Waals surface area contributed by atoms with Crippen molar-refractivity contribution in [2.24, 2.45) is 5.92 Å². The third-order valence-electron chi connectivity index (χ3n) is 9.42. The largest absolute Gasteiger partial charge is 0.462 e. The van der Waals surface area contributed by atoms with E-state index in [1.54, 1.807) is 7.11 Å². The van der Waals surface area contributed by atoms with E-state index >= 15 is 0 Å². The normalized spacial score (nSPS) is 26.5. The molecule has 2 aromatic carbocycles. The number of nitrogens with one attached hydrogen (secondary N) is 1. The first-order chi connectivity index (χ1) is 19.6. The summed E-state index contributed by atoms with van der Waals surface area (Å²) in [5.41, 5.74) is 3.48. The molecule has 1 N–H and O–H groups in total. The Morgan fingerprint density at radius 3 is 2.75 bits per heavy atom. The lowest BCUT2D eigenvalue weighted by Gasteiger charge is -2.38. The van der Waals surface area contributed by atoms with Gasteiger partial charge < -0.3 is 29.5 Å². The van der Waals surface area contributed by atoms with Crippen LogP contribution in [0, 0.1) is 5.92 Å². The van der Waals surface area contributed by atoms with Crippen molar-refractivity contribution in [3.8, 4) is 6.01 Å². The Morgan fingerprint density at radius 1 is 1.05 bits per heavy atom. The molecule has 3 fully saturated rings. The van der Waals surface area contributed by atoms with E-state index in [0.717, 1.165) is 85.0 Å². The van der Waals surface area contributed by atoms with Crippen LogP contribution in [-0.2, 0) is 17.7 Å². The summed E-state index contributed by atoms with van der Waals surface area (Å²) < 4.78 is 11.9. The molecule has 3 aromatic rings. The highest BCUT2D eigenvalue weighted by molar-refractivity contribution is 6.36. The van der Waals surface area contributed by atoms with Crippen LogP contribution in [-0.4, -0.2) is 86.5 Å². The number of methoxy groups -OCH3 is 1. The first kappa shape index (κ1) is 26.3. The molecule has 0 spiro atoms.